The molecule has 154 valence electrons. The molecule has 0 bridgehead atoms. The molecular formula is C21H30Cl2N2O2Si. The molecule has 7 heteroatoms. The topological polar surface area (TPSA) is 43.4 Å². The van der Waals surface area contributed by atoms with E-state index >= 15 is 0 Å². The third-order valence-electron chi connectivity index (χ3n) is 5.38. The van der Waals surface area contributed by atoms with Crippen molar-refractivity contribution in [2.45, 2.75) is 51.6 Å². The van der Waals surface area contributed by atoms with Crippen LogP contribution in [0.5, 0.6) is 5.75 Å². The summed E-state index contributed by atoms with van der Waals surface area (Å²) in [6.07, 6.45) is 3.04. The fourth-order valence-electron chi connectivity index (χ4n) is 3.42. The fourth-order valence-corrected chi connectivity index (χ4v) is 6.83. The second-order valence-electron chi connectivity index (χ2n) is 6.81. The molecule has 2 aromatic rings. The zero-order valence-corrected chi connectivity index (χ0v) is 19.6. The Hall–Kier alpha value is -1.11. The zero-order valence-electron chi connectivity index (χ0n) is 17.1. The maximum absolute atomic E-state index is 6.78. The number of benzene rings is 1. The van der Waals surface area contributed by atoms with Crippen molar-refractivity contribution in [2.24, 2.45) is 0 Å². The predicted molar refractivity (Wildman–Crippen MR) is 120 cm³/mol. The van der Waals surface area contributed by atoms with E-state index < -0.39 is 8.32 Å². The SMILES string of the molecule is CC[Si](CC)(CC)OC(CNCc1ccccc1OC)c1c(Cl)cncc1Cl. The minimum atomic E-state index is -1.86. The lowest BCUT2D eigenvalue weighted by Gasteiger charge is -2.34. The molecule has 0 aliphatic heterocycles. The molecule has 1 N–H and O–H groups in total. The smallest absolute Gasteiger partial charge is 0.192 e. The number of para-hydroxylation sites is 1. The number of nitrogens with zero attached hydrogens (tertiary/aromatic N) is 1. The lowest BCUT2D eigenvalue weighted by Crippen LogP contribution is -2.40. The van der Waals surface area contributed by atoms with E-state index in [0.717, 1.165) is 35.0 Å². The average Bonchev–Trinajstić information content (AvgIpc) is 2.72. The van der Waals surface area contributed by atoms with Gasteiger partial charge in [-0.25, -0.2) is 0 Å². The number of hydrogen-bond acceptors (Lipinski definition) is 4. The van der Waals surface area contributed by atoms with Gasteiger partial charge in [0.05, 0.1) is 23.3 Å². The van der Waals surface area contributed by atoms with Crippen LogP contribution in [0.3, 0.4) is 0 Å². The molecule has 1 aromatic carbocycles. The summed E-state index contributed by atoms with van der Waals surface area (Å²) in [4.78, 5) is 4.09. The summed E-state index contributed by atoms with van der Waals surface area (Å²) in [5, 5.41) is 4.59. The maximum Gasteiger partial charge on any atom is 0.192 e. The predicted octanol–water partition coefficient (Wildman–Crippen LogP) is 6.25. The molecule has 0 aliphatic rings. The molecule has 0 saturated heterocycles. The molecule has 0 amide bonds. The minimum Gasteiger partial charge on any atom is -0.496 e. The van der Waals surface area contributed by atoms with Crippen molar-refractivity contribution in [1.82, 2.24) is 10.3 Å². The second-order valence-corrected chi connectivity index (χ2v) is 12.3. The number of aromatic nitrogens is 1. The Morgan fingerprint density at radius 3 is 2.21 bits per heavy atom. The van der Waals surface area contributed by atoms with E-state index in [1.54, 1.807) is 19.5 Å². The highest BCUT2D eigenvalue weighted by Crippen LogP contribution is 2.36. The Kier molecular flexibility index (Phi) is 9.24. The summed E-state index contributed by atoms with van der Waals surface area (Å²) >= 11 is 12.9. The highest BCUT2D eigenvalue weighted by atomic mass is 35.5. The van der Waals surface area contributed by atoms with Crippen molar-refractivity contribution in [3.8, 4) is 5.75 Å². The first-order valence-corrected chi connectivity index (χ1v) is 13.1. The summed E-state index contributed by atoms with van der Waals surface area (Å²) < 4.78 is 12.2. The molecule has 0 spiro atoms. The highest BCUT2D eigenvalue weighted by Gasteiger charge is 2.34. The quantitative estimate of drug-likeness (QED) is 0.419. The normalized spacial score (nSPS) is 12.8. The van der Waals surface area contributed by atoms with Gasteiger partial charge in [-0.3, -0.25) is 4.98 Å². The third-order valence-corrected chi connectivity index (χ3v) is 10.6. The van der Waals surface area contributed by atoms with Crippen LogP contribution in [0.2, 0.25) is 28.2 Å². The van der Waals surface area contributed by atoms with Crippen molar-refractivity contribution < 1.29 is 9.16 Å². The molecular weight excluding hydrogens is 411 g/mol. The van der Waals surface area contributed by atoms with Gasteiger partial charge >= 0.3 is 0 Å². The monoisotopic (exact) mass is 440 g/mol. The molecule has 0 radical (unpaired) electrons. The molecule has 1 atom stereocenters. The third kappa shape index (κ3) is 5.71. The van der Waals surface area contributed by atoms with Crippen LogP contribution in [0, 0.1) is 0 Å². The first kappa shape index (κ1) is 23.2. The van der Waals surface area contributed by atoms with Crippen LogP contribution in [0.1, 0.15) is 38.0 Å². The van der Waals surface area contributed by atoms with Crippen molar-refractivity contribution >= 4 is 31.5 Å². The number of rotatable bonds is 11. The Morgan fingerprint density at radius 2 is 1.64 bits per heavy atom. The van der Waals surface area contributed by atoms with Crippen molar-refractivity contribution in [3.63, 3.8) is 0 Å². The van der Waals surface area contributed by atoms with Crippen LogP contribution in [0.4, 0.5) is 0 Å². The highest BCUT2D eigenvalue weighted by molar-refractivity contribution is 6.73. The number of methoxy groups -OCH3 is 1. The molecule has 28 heavy (non-hydrogen) atoms. The summed E-state index contributed by atoms with van der Waals surface area (Å²) in [7, 11) is -0.173. The number of nitrogens with one attached hydrogen (secondary N) is 1. The van der Waals surface area contributed by atoms with Crippen molar-refractivity contribution in [3.05, 3.63) is 57.8 Å². The van der Waals surface area contributed by atoms with Gasteiger partial charge in [0.2, 0.25) is 0 Å². The first-order valence-electron chi connectivity index (χ1n) is 9.79. The summed E-state index contributed by atoms with van der Waals surface area (Å²) in [6, 6.07) is 11.2. The standard InChI is InChI=1S/C21H30Cl2N2O2Si/c1-5-28(6-2,7-3)27-20(21-17(22)13-25-14-18(21)23)15-24-12-16-10-8-9-11-19(16)26-4/h8-11,13-14,20,24H,5-7,12,15H2,1-4H3. The number of hydrogen-bond donors (Lipinski definition) is 1. The van der Waals surface area contributed by atoms with E-state index in [9.17, 15) is 0 Å². The van der Waals surface area contributed by atoms with Crippen LogP contribution in [0.15, 0.2) is 36.7 Å². The Labute approximate surface area is 179 Å². The average molecular weight is 441 g/mol. The number of pyridine rings is 1. The Bertz CT molecular complexity index is 728. The Balaban J connectivity index is 2.23. The van der Waals surface area contributed by atoms with Crippen molar-refractivity contribution in [1.29, 1.82) is 0 Å². The van der Waals surface area contributed by atoms with Gasteiger partial charge in [0, 0.05) is 36.6 Å². The maximum atomic E-state index is 6.78. The van der Waals surface area contributed by atoms with Gasteiger partial charge in [0.1, 0.15) is 5.75 Å². The van der Waals surface area contributed by atoms with E-state index in [0.29, 0.717) is 23.1 Å². The van der Waals surface area contributed by atoms with E-state index in [-0.39, 0.29) is 6.10 Å². The molecule has 1 heterocycles. The fraction of sp³-hybridized carbons (Fsp3) is 0.476. The molecule has 1 unspecified atom stereocenters. The van der Waals surface area contributed by atoms with Gasteiger partial charge in [0.15, 0.2) is 8.32 Å². The number of ether oxygens (including phenoxy) is 1. The minimum absolute atomic E-state index is 0.218. The molecule has 0 saturated carbocycles. The summed E-state index contributed by atoms with van der Waals surface area (Å²) in [5.41, 5.74) is 1.92. The second kappa shape index (κ2) is 11.2. The van der Waals surface area contributed by atoms with E-state index in [2.05, 4.69) is 37.1 Å². The molecule has 2 rings (SSSR count). The van der Waals surface area contributed by atoms with E-state index in [1.165, 1.54) is 0 Å². The first-order chi connectivity index (χ1) is 13.5. The summed E-state index contributed by atoms with van der Waals surface area (Å²) in [6.45, 7) is 7.93. The lowest BCUT2D eigenvalue weighted by atomic mass is 10.1. The molecule has 0 aliphatic carbocycles. The van der Waals surface area contributed by atoms with Crippen LogP contribution >= 0.6 is 23.2 Å². The van der Waals surface area contributed by atoms with Gasteiger partial charge < -0.3 is 14.5 Å². The van der Waals surface area contributed by atoms with Gasteiger partial charge in [-0.05, 0) is 24.2 Å². The van der Waals surface area contributed by atoms with Gasteiger partial charge in [-0.1, -0.05) is 62.2 Å². The van der Waals surface area contributed by atoms with Gasteiger partial charge in [-0.2, -0.15) is 0 Å². The van der Waals surface area contributed by atoms with Crippen LogP contribution in [-0.4, -0.2) is 27.0 Å². The van der Waals surface area contributed by atoms with Crippen LogP contribution < -0.4 is 10.1 Å². The van der Waals surface area contributed by atoms with E-state index in [1.807, 2.05) is 18.2 Å². The number of halogens is 2. The summed E-state index contributed by atoms with van der Waals surface area (Å²) in [5.74, 6) is 0.867. The van der Waals surface area contributed by atoms with E-state index in [4.69, 9.17) is 32.4 Å². The van der Waals surface area contributed by atoms with Crippen LogP contribution in [-0.2, 0) is 11.0 Å². The molecule has 1 aromatic heterocycles. The van der Waals surface area contributed by atoms with Crippen molar-refractivity contribution in [2.75, 3.05) is 13.7 Å². The lowest BCUT2D eigenvalue weighted by molar-refractivity contribution is 0.185. The van der Waals surface area contributed by atoms with Crippen LogP contribution in [0.25, 0.3) is 0 Å². The largest absolute Gasteiger partial charge is 0.496 e. The Morgan fingerprint density at radius 1 is 1.04 bits per heavy atom. The zero-order chi connectivity index (χ0) is 20.6. The molecule has 0 fully saturated rings. The van der Waals surface area contributed by atoms with Gasteiger partial charge in [-0.15, -0.1) is 0 Å². The van der Waals surface area contributed by atoms with Gasteiger partial charge in [0.25, 0.3) is 0 Å². The molecule has 4 nitrogen and oxygen atoms in total.